The van der Waals surface area contributed by atoms with Gasteiger partial charge in [0.2, 0.25) is 5.91 Å². The number of aliphatic hydroxyl groups excluding tert-OH is 1. The van der Waals surface area contributed by atoms with E-state index in [4.69, 9.17) is 0 Å². The second kappa shape index (κ2) is 6.60. The first kappa shape index (κ1) is 17.0. The number of amides is 1. The van der Waals surface area contributed by atoms with Crippen molar-refractivity contribution in [2.75, 3.05) is 19.6 Å². The molecule has 1 aliphatic carbocycles. The zero-order valence-corrected chi connectivity index (χ0v) is 12.8. The van der Waals surface area contributed by atoms with Gasteiger partial charge in [-0.15, -0.1) is 13.2 Å². The summed E-state index contributed by atoms with van der Waals surface area (Å²) in [6.45, 7) is 1.50. The summed E-state index contributed by atoms with van der Waals surface area (Å²) in [5, 5.41) is 15.5. The van der Waals surface area contributed by atoms with E-state index in [9.17, 15) is 23.1 Å². The average molecular weight is 344 g/mol. The number of para-hydroxylation sites is 1. The number of aliphatic hydroxyl groups is 1. The number of rotatable bonds is 5. The zero-order valence-electron chi connectivity index (χ0n) is 12.8. The Kier molecular flexibility index (Phi) is 4.69. The molecule has 1 saturated carbocycles. The third-order valence-corrected chi connectivity index (χ3v) is 4.51. The number of halogens is 3. The fourth-order valence-electron chi connectivity index (χ4n) is 3.12. The Morgan fingerprint density at radius 3 is 2.75 bits per heavy atom. The maximum atomic E-state index is 12.5. The van der Waals surface area contributed by atoms with Gasteiger partial charge in [0, 0.05) is 31.5 Å². The van der Waals surface area contributed by atoms with Crippen molar-refractivity contribution in [3.05, 3.63) is 29.8 Å². The molecule has 24 heavy (non-hydrogen) atoms. The number of carbonyl (C=O) groups excluding carboxylic acids is 1. The lowest BCUT2D eigenvalue weighted by molar-refractivity contribution is -0.274. The van der Waals surface area contributed by atoms with Crippen molar-refractivity contribution in [2.45, 2.75) is 24.8 Å². The SMILES string of the molecule is O=C(NCC1CNCC1O)C1CC1c1ccccc1OC(F)(F)F. The topological polar surface area (TPSA) is 70.6 Å². The molecule has 8 heteroatoms. The van der Waals surface area contributed by atoms with Crippen LogP contribution in [-0.2, 0) is 4.79 Å². The van der Waals surface area contributed by atoms with Crippen LogP contribution in [0.3, 0.4) is 0 Å². The molecule has 4 atom stereocenters. The maximum absolute atomic E-state index is 12.5. The predicted molar refractivity (Wildman–Crippen MR) is 79.3 cm³/mol. The van der Waals surface area contributed by atoms with Gasteiger partial charge < -0.3 is 20.5 Å². The van der Waals surface area contributed by atoms with Crippen molar-refractivity contribution in [1.82, 2.24) is 10.6 Å². The largest absolute Gasteiger partial charge is 0.573 e. The van der Waals surface area contributed by atoms with Crippen LogP contribution in [0.5, 0.6) is 5.75 Å². The first-order valence-corrected chi connectivity index (χ1v) is 7.86. The van der Waals surface area contributed by atoms with Gasteiger partial charge in [-0.1, -0.05) is 18.2 Å². The number of alkyl halides is 3. The van der Waals surface area contributed by atoms with E-state index < -0.39 is 12.5 Å². The van der Waals surface area contributed by atoms with E-state index >= 15 is 0 Å². The molecule has 2 fully saturated rings. The quantitative estimate of drug-likeness (QED) is 0.755. The Morgan fingerprint density at radius 1 is 1.33 bits per heavy atom. The van der Waals surface area contributed by atoms with Gasteiger partial charge in [-0.05, 0) is 24.0 Å². The van der Waals surface area contributed by atoms with Gasteiger partial charge in [0.05, 0.1) is 6.10 Å². The highest BCUT2D eigenvalue weighted by atomic mass is 19.4. The molecule has 4 unspecified atom stereocenters. The minimum Gasteiger partial charge on any atom is -0.405 e. The van der Waals surface area contributed by atoms with E-state index in [0.717, 1.165) is 0 Å². The van der Waals surface area contributed by atoms with E-state index in [1.807, 2.05) is 0 Å². The van der Waals surface area contributed by atoms with Crippen LogP contribution in [0.2, 0.25) is 0 Å². The number of hydrogen-bond acceptors (Lipinski definition) is 4. The minimum atomic E-state index is -4.76. The number of benzene rings is 1. The molecule has 1 amide bonds. The third-order valence-electron chi connectivity index (χ3n) is 4.51. The lowest BCUT2D eigenvalue weighted by Crippen LogP contribution is -2.35. The Morgan fingerprint density at radius 2 is 2.08 bits per heavy atom. The van der Waals surface area contributed by atoms with Crippen LogP contribution in [-0.4, -0.2) is 43.1 Å². The minimum absolute atomic E-state index is 0.0352. The van der Waals surface area contributed by atoms with Crippen LogP contribution in [0.4, 0.5) is 13.2 Å². The van der Waals surface area contributed by atoms with Gasteiger partial charge in [0.15, 0.2) is 0 Å². The van der Waals surface area contributed by atoms with Gasteiger partial charge >= 0.3 is 6.36 Å². The summed E-state index contributed by atoms with van der Waals surface area (Å²) in [5.74, 6) is -1.10. The highest BCUT2D eigenvalue weighted by molar-refractivity contribution is 5.83. The Labute approximate surface area is 137 Å². The van der Waals surface area contributed by atoms with Gasteiger partial charge in [0.1, 0.15) is 5.75 Å². The molecule has 5 nitrogen and oxygen atoms in total. The van der Waals surface area contributed by atoms with Gasteiger partial charge in [-0.25, -0.2) is 0 Å². The Bertz CT molecular complexity index is 608. The van der Waals surface area contributed by atoms with Crippen molar-refractivity contribution in [1.29, 1.82) is 0 Å². The van der Waals surface area contributed by atoms with Gasteiger partial charge in [-0.2, -0.15) is 0 Å². The molecule has 0 bridgehead atoms. The molecule has 0 spiro atoms. The van der Waals surface area contributed by atoms with Crippen LogP contribution in [0.25, 0.3) is 0 Å². The highest BCUT2D eigenvalue weighted by Crippen LogP contribution is 2.51. The third kappa shape index (κ3) is 3.99. The second-order valence-corrected chi connectivity index (χ2v) is 6.27. The molecular weight excluding hydrogens is 325 g/mol. The lowest BCUT2D eigenvalue weighted by atomic mass is 10.1. The summed E-state index contributed by atoms with van der Waals surface area (Å²) < 4.78 is 41.4. The van der Waals surface area contributed by atoms with E-state index in [2.05, 4.69) is 15.4 Å². The maximum Gasteiger partial charge on any atom is 0.573 e. The fraction of sp³-hybridized carbons (Fsp3) is 0.562. The standard InChI is InChI=1S/C16H19F3N2O3/c17-16(18,19)24-14-4-2-1-3-10(14)11-5-12(11)15(23)21-7-9-6-20-8-13(9)22/h1-4,9,11-13,20,22H,5-8H2,(H,21,23). The molecule has 2 aliphatic rings. The molecule has 1 heterocycles. The van der Waals surface area contributed by atoms with Crippen molar-refractivity contribution in [3.63, 3.8) is 0 Å². The Balaban J connectivity index is 1.58. The molecule has 0 aromatic heterocycles. The summed E-state index contributed by atoms with van der Waals surface area (Å²) >= 11 is 0. The normalized spacial score (nSPS) is 29.3. The van der Waals surface area contributed by atoms with Crippen molar-refractivity contribution < 1.29 is 27.8 Å². The summed E-state index contributed by atoms with van der Waals surface area (Å²) in [6.07, 6.45) is -4.75. The van der Waals surface area contributed by atoms with Gasteiger partial charge in [0.25, 0.3) is 0 Å². The molecule has 1 saturated heterocycles. The molecule has 1 aromatic carbocycles. The number of nitrogens with one attached hydrogen (secondary N) is 2. The average Bonchev–Trinajstić information content (AvgIpc) is 3.20. The number of carbonyl (C=O) groups is 1. The smallest absolute Gasteiger partial charge is 0.405 e. The predicted octanol–water partition coefficient (Wildman–Crippen LogP) is 1.39. The first-order chi connectivity index (χ1) is 11.3. The summed E-state index contributed by atoms with van der Waals surface area (Å²) in [5.41, 5.74) is 0.401. The van der Waals surface area contributed by atoms with Crippen LogP contribution in [0.15, 0.2) is 24.3 Å². The molecular formula is C16H19F3N2O3. The lowest BCUT2D eigenvalue weighted by Gasteiger charge is -2.15. The zero-order chi connectivity index (χ0) is 17.3. The van der Waals surface area contributed by atoms with E-state index in [-0.39, 0.29) is 29.4 Å². The first-order valence-electron chi connectivity index (χ1n) is 7.86. The summed E-state index contributed by atoms with van der Waals surface area (Å²) in [6, 6.07) is 5.92. The van der Waals surface area contributed by atoms with Crippen LogP contribution < -0.4 is 15.4 Å². The number of β-amino-alcohol motifs (C(OH)–C–C–N with tert-alkyl or cyclic N) is 1. The van der Waals surface area contributed by atoms with Gasteiger partial charge in [-0.3, -0.25) is 4.79 Å². The summed E-state index contributed by atoms with van der Waals surface area (Å²) in [4.78, 5) is 12.2. The molecule has 1 aliphatic heterocycles. The highest BCUT2D eigenvalue weighted by Gasteiger charge is 2.46. The van der Waals surface area contributed by atoms with Crippen LogP contribution in [0, 0.1) is 11.8 Å². The number of ether oxygens (including phenoxy) is 1. The van der Waals surface area contributed by atoms with E-state index in [1.165, 1.54) is 12.1 Å². The van der Waals surface area contributed by atoms with E-state index in [0.29, 0.717) is 31.6 Å². The van der Waals surface area contributed by atoms with Crippen molar-refractivity contribution in [3.8, 4) is 5.75 Å². The van der Waals surface area contributed by atoms with Crippen LogP contribution >= 0.6 is 0 Å². The summed E-state index contributed by atoms with van der Waals surface area (Å²) in [7, 11) is 0. The molecule has 1 aromatic rings. The molecule has 132 valence electrons. The fourth-order valence-corrected chi connectivity index (χ4v) is 3.12. The number of hydrogen-bond donors (Lipinski definition) is 3. The van der Waals surface area contributed by atoms with Crippen molar-refractivity contribution in [2.24, 2.45) is 11.8 Å². The second-order valence-electron chi connectivity index (χ2n) is 6.27. The molecule has 3 N–H and O–H groups in total. The monoisotopic (exact) mass is 344 g/mol. The van der Waals surface area contributed by atoms with Crippen molar-refractivity contribution >= 4 is 5.91 Å². The Hall–Kier alpha value is -1.80. The molecule has 3 rings (SSSR count). The molecule has 0 radical (unpaired) electrons. The van der Waals surface area contributed by atoms with E-state index in [1.54, 1.807) is 12.1 Å². The van der Waals surface area contributed by atoms with Crippen LogP contribution in [0.1, 0.15) is 17.9 Å².